The molecular weight excluding hydrogens is 216 g/mol. The monoisotopic (exact) mass is 240 g/mol. The van der Waals surface area contributed by atoms with Gasteiger partial charge in [0.15, 0.2) is 5.82 Å². The number of aromatic nitrogens is 3. The van der Waals surface area contributed by atoms with E-state index in [9.17, 15) is 0 Å². The molecule has 0 saturated carbocycles. The summed E-state index contributed by atoms with van der Waals surface area (Å²) in [5, 5.41) is 7.65. The molecule has 0 amide bonds. The summed E-state index contributed by atoms with van der Waals surface area (Å²) in [6.07, 6.45) is 1.76. The van der Waals surface area contributed by atoms with Crippen LogP contribution >= 0.6 is 0 Å². The zero-order valence-electron chi connectivity index (χ0n) is 11.3. The first kappa shape index (κ1) is 14.1. The Balaban J connectivity index is 2.21. The molecule has 0 aromatic carbocycles. The lowest BCUT2D eigenvalue weighted by atomic mass is 10.2. The van der Waals surface area contributed by atoms with Gasteiger partial charge in [-0.25, -0.2) is 4.98 Å². The zero-order chi connectivity index (χ0) is 12.7. The van der Waals surface area contributed by atoms with Gasteiger partial charge in [-0.1, -0.05) is 27.7 Å². The van der Waals surface area contributed by atoms with Crippen molar-refractivity contribution in [3.63, 3.8) is 0 Å². The van der Waals surface area contributed by atoms with E-state index < -0.39 is 0 Å². The molecule has 0 fully saturated rings. The number of hydrogen-bond donors (Lipinski definition) is 1. The lowest BCUT2D eigenvalue weighted by molar-refractivity contribution is 0.101. The molecule has 1 aromatic rings. The van der Waals surface area contributed by atoms with Crippen LogP contribution in [-0.4, -0.2) is 34.0 Å². The quantitative estimate of drug-likeness (QED) is 0.699. The summed E-state index contributed by atoms with van der Waals surface area (Å²) in [7, 11) is 0. The number of rotatable bonds is 8. The van der Waals surface area contributed by atoms with Crippen molar-refractivity contribution in [3.05, 3.63) is 12.2 Å². The smallest absolute Gasteiger partial charge is 0.164 e. The minimum Gasteiger partial charge on any atom is -0.379 e. The van der Waals surface area contributed by atoms with E-state index in [-0.39, 0.29) is 0 Å². The van der Waals surface area contributed by atoms with Crippen LogP contribution in [0.4, 0.5) is 0 Å². The first-order valence-corrected chi connectivity index (χ1v) is 6.27. The molecule has 0 bridgehead atoms. The fraction of sp³-hybridized carbons (Fsp3) is 0.833. The summed E-state index contributed by atoms with van der Waals surface area (Å²) in [6, 6.07) is 0.455. The minimum absolute atomic E-state index is 0.455. The Morgan fingerprint density at radius 3 is 2.76 bits per heavy atom. The third-order valence-electron chi connectivity index (χ3n) is 2.17. The molecule has 0 aliphatic heterocycles. The van der Waals surface area contributed by atoms with Crippen molar-refractivity contribution >= 4 is 0 Å². The number of hydrogen-bond acceptors (Lipinski definition) is 4. The van der Waals surface area contributed by atoms with Crippen LogP contribution < -0.4 is 5.32 Å². The molecule has 1 heterocycles. The molecule has 0 spiro atoms. The number of ether oxygens (including phenoxy) is 1. The lowest BCUT2D eigenvalue weighted by Gasteiger charge is -2.06. The molecule has 5 heteroatoms. The second-order valence-corrected chi connectivity index (χ2v) is 4.93. The van der Waals surface area contributed by atoms with Gasteiger partial charge in [0, 0.05) is 12.6 Å². The zero-order valence-corrected chi connectivity index (χ0v) is 11.3. The predicted octanol–water partition coefficient (Wildman–Crippen LogP) is 1.45. The lowest BCUT2D eigenvalue weighted by Crippen LogP contribution is -2.22. The summed E-state index contributed by atoms with van der Waals surface area (Å²) >= 11 is 0. The van der Waals surface area contributed by atoms with Gasteiger partial charge in [0.25, 0.3) is 0 Å². The van der Waals surface area contributed by atoms with Gasteiger partial charge in [-0.05, 0) is 5.92 Å². The molecule has 0 saturated heterocycles. The number of nitrogens with zero attached hydrogens (tertiary/aromatic N) is 3. The third-order valence-corrected chi connectivity index (χ3v) is 2.17. The first-order valence-electron chi connectivity index (χ1n) is 6.27. The molecular formula is C12H24N4O. The highest BCUT2D eigenvalue weighted by Gasteiger charge is 2.01. The van der Waals surface area contributed by atoms with Crippen molar-refractivity contribution in [3.8, 4) is 0 Å². The molecule has 1 aromatic heterocycles. The van der Waals surface area contributed by atoms with E-state index in [2.05, 4.69) is 43.1 Å². The molecule has 0 unspecified atom stereocenters. The SMILES string of the molecule is CC(C)COCCn1cnc(CNC(C)C)n1. The second kappa shape index (κ2) is 7.40. The van der Waals surface area contributed by atoms with Gasteiger partial charge in [-0.2, -0.15) is 5.10 Å². The Bertz CT molecular complexity index is 309. The van der Waals surface area contributed by atoms with E-state index >= 15 is 0 Å². The molecule has 17 heavy (non-hydrogen) atoms. The Morgan fingerprint density at radius 1 is 1.35 bits per heavy atom. The van der Waals surface area contributed by atoms with Gasteiger partial charge in [-0.15, -0.1) is 0 Å². The largest absolute Gasteiger partial charge is 0.379 e. The van der Waals surface area contributed by atoms with Crippen molar-refractivity contribution in [2.24, 2.45) is 5.92 Å². The van der Waals surface area contributed by atoms with Crippen molar-refractivity contribution in [2.45, 2.75) is 46.8 Å². The van der Waals surface area contributed by atoms with Crippen molar-refractivity contribution in [1.29, 1.82) is 0 Å². The van der Waals surface area contributed by atoms with Crippen LogP contribution in [0.25, 0.3) is 0 Å². The first-order chi connectivity index (χ1) is 8.08. The van der Waals surface area contributed by atoms with Gasteiger partial charge in [-0.3, -0.25) is 4.68 Å². The van der Waals surface area contributed by atoms with Crippen LogP contribution in [0.1, 0.15) is 33.5 Å². The standard InChI is InChI=1S/C12H24N4O/c1-10(2)8-17-6-5-16-9-14-12(15-16)7-13-11(3)4/h9-11,13H,5-8H2,1-4H3. The van der Waals surface area contributed by atoms with Gasteiger partial charge in [0.2, 0.25) is 0 Å². The van der Waals surface area contributed by atoms with Crippen LogP contribution in [0.5, 0.6) is 0 Å². The number of nitrogens with one attached hydrogen (secondary N) is 1. The molecule has 5 nitrogen and oxygen atoms in total. The van der Waals surface area contributed by atoms with E-state index in [1.807, 2.05) is 4.68 Å². The Labute approximate surface area is 104 Å². The topological polar surface area (TPSA) is 52.0 Å². The van der Waals surface area contributed by atoms with Crippen molar-refractivity contribution < 1.29 is 4.74 Å². The van der Waals surface area contributed by atoms with Crippen LogP contribution in [0.3, 0.4) is 0 Å². The summed E-state index contributed by atoms with van der Waals surface area (Å²) < 4.78 is 7.33. The summed E-state index contributed by atoms with van der Waals surface area (Å²) in [5.74, 6) is 1.42. The van der Waals surface area contributed by atoms with Crippen molar-refractivity contribution in [2.75, 3.05) is 13.2 Å². The minimum atomic E-state index is 0.455. The van der Waals surface area contributed by atoms with E-state index in [0.29, 0.717) is 18.6 Å². The highest BCUT2D eigenvalue weighted by molar-refractivity contribution is 4.81. The maximum atomic E-state index is 5.50. The Hall–Kier alpha value is -0.940. The van der Waals surface area contributed by atoms with Crippen LogP contribution in [0.2, 0.25) is 0 Å². The van der Waals surface area contributed by atoms with E-state index in [1.165, 1.54) is 0 Å². The van der Waals surface area contributed by atoms with Crippen LogP contribution in [0, 0.1) is 5.92 Å². The van der Waals surface area contributed by atoms with Gasteiger partial charge in [0.1, 0.15) is 6.33 Å². The summed E-state index contributed by atoms with van der Waals surface area (Å²) in [4.78, 5) is 4.24. The molecule has 1 rings (SSSR count). The summed E-state index contributed by atoms with van der Waals surface area (Å²) in [6.45, 7) is 11.5. The van der Waals surface area contributed by atoms with Crippen molar-refractivity contribution in [1.82, 2.24) is 20.1 Å². The van der Waals surface area contributed by atoms with Crippen LogP contribution in [0.15, 0.2) is 6.33 Å². The molecule has 0 radical (unpaired) electrons. The molecule has 0 atom stereocenters. The Morgan fingerprint density at radius 2 is 2.12 bits per heavy atom. The fourth-order valence-electron chi connectivity index (χ4n) is 1.29. The average molecular weight is 240 g/mol. The Kier molecular flexibility index (Phi) is 6.15. The summed E-state index contributed by atoms with van der Waals surface area (Å²) in [5.41, 5.74) is 0. The van der Waals surface area contributed by atoms with E-state index in [0.717, 1.165) is 25.5 Å². The predicted molar refractivity (Wildman–Crippen MR) is 67.7 cm³/mol. The second-order valence-electron chi connectivity index (χ2n) is 4.93. The maximum absolute atomic E-state index is 5.50. The molecule has 1 N–H and O–H groups in total. The molecule has 0 aliphatic carbocycles. The maximum Gasteiger partial charge on any atom is 0.164 e. The van der Waals surface area contributed by atoms with E-state index in [4.69, 9.17) is 4.74 Å². The van der Waals surface area contributed by atoms with Gasteiger partial charge < -0.3 is 10.1 Å². The highest BCUT2D eigenvalue weighted by Crippen LogP contribution is 1.94. The normalized spacial score (nSPS) is 11.6. The van der Waals surface area contributed by atoms with Crippen LogP contribution in [-0.2, 0) is 17.8 Å². The average Bonchev–Trinajstić information content (AvgIpc) is 2.69. The molecule has 0 aliphatic rings. The van der Waals surface area contributed by atoms with Gasteiger partial charge in [0.05, 0.1) is 19.7 Å². The van der Waals surface area contributed by atoms with Gasteiger partial charge >= 0.3 is 0 Å². The third kappa shape index (κ3) is 6.38. The highest BCUT2D eigenvalue weighted by atomic mass is 16.5. The van der Waals surface area contributed by atoms with E-state index in [1.54, 1.807) is 6.33 Å². The fourth-order valence-corrected chi connectivity index (χ4v) is 1.29. The molecule has 98 valence electrons.